The molecule has 0 bridgehead atoms. The number of piperazine rings is 1. The second-order valence-corrected chi connectivity index (χ2v) is 7.56. The largest absolute Gasteiger partial charge is 0.381 e. The Hall–Kier alpha value is -1.40. The van der Waals surface area contributed by atoms with Crippen LogP contribution in [0.4, 0.5) is 0 Å². The summed E-state index contributed by atoms with van der Waals surface area (Å²) in [6.45, 7) is 7.36. The molecule has 3 fully saturated rings. The first-order chi connectivity index (χ1) is 11.6. The molecule has 1 aliphatic carbocycles. The lowest BCUT2D eigenvalue weighted by Gasteiger charge is -2.41. The molecule has 4 rings (SSSR count). The fourth-order valence-corrected chi connectivity index (χ4v) is 4.59. The molecular formula is C18H28N4O2. The van der Waals surface area contributed by atoms with Gasteiger partial charge in [0.15, 0.2) is 0 Å². The minimum atomic E-state index is 0.206. The van der Waals surface area contributed by atoms with E-state index < -0.39 is 0 Å². The number of nitrogens with zero attached hydrogens (tertiary/aromatic N) is 4. The van der Waals surface area contributed by atoms with Crippen molar-refractivity contribution in [2.24, 2.45) is 18.4 Å². The van der Waals surface area contributed by atoms with Crippen LogP contribution in [-0.2, 0) is 16.6 Å². The highest BCUT2D eigenvalue weighted by molar-refractivity contribution is 5.83. The fraction of sp³-hybridized carbons (Fsp3) is 0.778. The van der Waals surface area contributed by atoms with E-state index in [1.54, 1.807) is 0 Å². The monoisotopic (exact) mass is 332 g/mol. The van der Waals surface area contributed by atoms with Gasteiger partial charge in [-0.1, -0.05) is 6.92 Å². The minimum Gasteiger partial charge on any atom is -0.381 e. The van der Waals surface area contributed by atoms with E-state index >= 15 is 0 Å². The molecule has 2 saturated heterocycles. The molecule has 0 N–H and O–H groups in total. The number of likely N-dealkylation sites (N-methyl/N-ethyl adjacent to an activating group) is 1. The highest BCUT2D eigenvalue weighted by Gasteiger charge is 2.59. The van der Waals surface area contributed by atoms with Crippen molar-refractivity contribution < 1.29 is 9.53 Å². The third-order valence-electron chi connectivity index (χ3n) is 6.34. The predicted molar refractivity (Wildman–Crippen MR) is 90.4 cm³/mol. The predicted octanol–water partition coefficient (Wildman–Crippen LogP) is 1.44. The topological polar surface area (TPSA) is 50.6 Å². The number of carbonyl (C=O) groups is 1. The van der Waals surface area contributed by atoms with E-state index in [1.807, 2.05) is 19.4 Å². The molecule has 24 heavy (non-hydrogen) atoms. The maximum absolute atomic E-state index is 13.1. The normalized spacial score (nSPS) is 29.8. The number of aromatic nitrogens is 2. The van der Waals surface area contributed by atoms with Gasteiger partial charge in [-0.15, -0.1) is 0 Å². The van der Waals surface area contributed by atoms with E-state index in [2.05, 4.69) is 26.3 Å². The second kappa shape index (κ2) is 6.15. The van der Waals surface area contributed by atoms with Crippen molar-refractivity contribution in [3.8, 4) is 0 Å². The maximum atomic E-state index is 13.1. The van der Waals surface area contributed by atoms with Crippen molar-refractivity contribution in [3.63, 3.8) is 0 Å². The van der Waals surface area contributed by atoms with Gasteiger partial charge in [0.05, 0.1) is 6.04 Å². The molecule has 1 aromatic heterocycles. The molecule has 3 heterocycles. The third kappa shape index (κ3) is 2.65. The van der Waals surface area contributed by atoms with Gasteiger partial charge >= 0.3 is 0 Å². The lowest BCUT2D eigenvalue weighted by molar-refractivity contribution is -0.137. The quantitative estimate of drug-likeness (QED) is 0.840. The molecule has 0 radical (unpaired) electrons. The van der Waals surface area contributed by atoms with Crippen molar-refractivity contribution in [2.75, 3.05) is 39.4 Å². The molecule has 2 aliphatic heterocycles. The van der Waals surface area contributed by atoms with Crippen LogP contribution in [0.2, 0.25) is 0 Å². The summed E-state index contributed by atoms with van der Waals surface area (Å²) in [4.78, 5) is 22.1. The van der Waals surface area contributed by atoms with Gasteiger partial charge in [-0.25, -0.2) is 4.98 Å². The molecule has 3 aliphatic rings. The average molecular weight is 332 g/mol. The maximum Gasteiger partial charge on any atom is 0.226 e. The molecule has 0 aromatic carbocycles. The first-order valence-corrected chi connectivity index (χ1v) is 9.22. The smallest absolute Gasteiger partial charge is 0.226 e. The Bertz CT molecular complexity index is 608. The number of hydrogen-bond acceptors (Lipinski definition) is 4. The van der Waals surface area contributed by atoms with E-state index in [1.165, 1.54) is 0 Å². The molecule has 0 unspecified atom stereocenters. The molecule has 6 heteroatoms. The van der Waals surface area contributed by atoms with Crippen LogP contribution < -0.4 is 0 Å². The highest BCUT2D eigenvalue weighted by Crippen LogP contribution is 2.59. The van der Waals surface area contributed by atoms with Gasteiger partial charge in [0.1, 0.15) is 5.82 Å². The molecule has 1 amide bonds. The number of imidazole rings is 1. The number of amides is 1. The number of carbonyl (C=O) groups excluding carboxylic acids is 1. The van der Waals surface area contributed by atoms with Crippen LogP contribution in [0, 0.1) is 11.3 Å². The summed E-state index contributed by atoms with van der Waals surface area (Å²) >= 11 is 0. The molecule has 2 atom stereocenters. The summed E-state index contributed by atoms with van der Waals surface area (Å²) in [5, 5.41) is 0. The van der Waals surface area contributed by atoms with Gasteiger partial charge in [0.25, 0.3) is 0 Å². The van der Waals surface area contributed by atoms with Gasteiger partial charge in [-0.3, -0.25) is 9.69 Å². The second-order valence-electron chi connectivity index (χ2n) is 7.56. The highest BCUT2D eigenvalue weighted by atomic mass is 16.5. The van der Waals surface area contributed by atoms with Crippen molar-refractivity contribution in [2.45, 2.75) is 32.2 Å². The Balaban J connectivity index is 1.47. The molecule has 132 valence electrons. The van der Waals surface area contributed by atoms with Crippen LogP contribution >= 0.6 is 0 Å². The zero-order valence-corrected chi connectivity index (χ0v) is 14.8. The average Bonchev–Trinajstić information content (AvgIpc) is 3.12. The zero-order chi connectivity index (χ0) is 16.7. The molecule has 1 saturated carbocycles. The van der Waals surface area contributed by atoms with Crippen LogP contribution in [0.15, 0.2) is 12.4 Å². The SMILES string of the molecule is CCN1CCN(C(=O)[C@H]2CC23CCOCC3)C[C@H]1c1nccn1C. The first kappa shape index (κ1) is 16.1. The van der Waals surface area contributed by atoms with E-state index in [9.17, 15) is 4.79 Å². The van der Waals surface area contributed by atoms with Gasteiger partial charge < -0.3 is 14.2 Å². The number of ether oxygens (including phenoxy) is 1. The van der Waals surface area contributed by atoms with E-state index in [4.69, 9.17) is 4.74 Å². The van der Waals surface area contributed by atoms with Gasteiger partial charge in [-0.2, -0.15) is 0 Å². The van der Waals surface area contributed by atoms with Crippen LogP contribution in [0.3, 0.4) is 0 Å². The molecular weight excluding hydrogens is 304 g/mol. The van der Waals surface area contributed by atoms with Gasteiger partial charge in [-0.05, 0) is 31.2 Å². The summed E-state index contributed by atoms with van der Waals surface area (Å²) in [5.41, 5.74) is 0.260. The Labute approximate surface area is 143 Å². The molecule has 1 aromatic rings. The Morgan fingerprint density at radius 1 is 1.38 bits per heavy atom. The summed E-state index contributed by atoms with van der Waals surface area (Å²) in [7, 11) is 2.04. The fourth-order valence-electron chi connectivity index (χ4n) is 4.59. The third-order valence-corrected chi connectivity index (χ3v) is 6.34. The van der Waals surface area contributed by atoms with Crippen LogP contribution in [0.25, 0.3) is 0 Å². The van der Waals surface area contributed by atoms with Crippen LogP contribution in [0.1, 0.15) is 38.1 Å². The Morgan fingerprint density at radius 2 is 2.17 bits per heavy atom. The van der Waals surface area contributed by atoms with Crippen LogP contribution in [0.5, 0.6) is 0 Å². The van der Waals surface area contributed by atoms with E-state index in [0.717, 1.165) is 64.5 Å². The lowest BCUT2D eigenvalue weighted by atomic mass is 9.93. The van der Waals surface area contributed by atoms with Crippen molar-refractivity contribution in [1.29, 1.82) is 0 Å². The molecule has 6 nitrogen and oxygen atoms in total. The van der Waals surface area contributed by atoms with Crippen molar-refractivity contribution in [3.05, 3.63) is 18.2 Å². The Kier molecular flexibility index (Phi) is 4.12. The minimum absolute atomic E-state index is 0.206. The first-order valence-electron chi connectivity index (χ1n) is 9.22. The van der Waals surface area contributed by atoms with Crippen molar-refractivity contribution in [1.82, 2.24) is 19.4 Å². The van der Waals surface area contributed by atoms with E-state index in [-0.39, 0.29) is 17.4 Å². The number of hydrogen-bond donors (Lipinski definition) is 0. The summed E-state index contributed by atoms with van der Waals surface area (Å²) in [6.07, 6.45) is 7.02. The van der Waals surface area contributed by atoms with Crippen molar-refractivity contribution >= 4 is 5.91 Å². The van der Waals surface area contributed by atoms with Gasteiger partial charge in [0.2, 0.25) is 5.91 Å². The standard InChI is InChI=1S/C18H28N4O2/c1-3-21-8-9-22(13-15(21)16-19-6-7-20(16)2)17(23)14-12-18(14)4-10-24-11-5-18/h6-7,14-15H,3-5,8-13H2,1-2H3/t14-,15+/m1/s1. The summed E-state index contributed by atoms with van der Waals surface area (Å²) < 4.78 is 7.57. The zero-order valence-electron chi connectivity index (χ0n) is 14.8. The number of aryl methyl sites for hydroxylation is 1. The lowest BCUT2D eigenvalue weighted by Crippen LogP contribution is -2.51. The summed E-state index contributed by atoms with van der Waals surface area (Å²) in [6, 6.07) is 0.206. The van der Waals surface area contributed by atoms with Gasteiger partial charge in [0, 0.05) is 58.2 Å². The van der Waals surface area contributed by atoms with Crippen LogP contribution in [-0.4, -0.2) is 64.7 Å². The number of rotatable bonds is 3. The Morgan fingerprint density at radius 3 is 2.83 bits per heavy atom. The van der Waals surface area contributed by atoms with E-state index in [0.29, 0.717) is 5.91 Å². The summed E-state index contributed by atoms with van der Waals surface area (Å²) in [5.74, 6) is 1.66. The molecule has 1 spiro atoms.